The zero-order valence-electron chi connectivity index (χ0n) is 13.6. The van der Waals surface area contributed by atoms with E-state index in [9.17, 15) is 4.79 Å². The van der Waals surface area contributed by atoms with Crippen molar-refractivity contribution in [2.75, 3.05) is 11.9 Å². The van der Waals surface area contributed by atoms with Gasteiger partial charge in [-0.15, -0.1) is 0 Å². The van der Waals surface area contributed by atoms with E-state index in [2.05, 4.69) is 21.2 Å². The summed E-state index contributed by atoms with van der Waals surface area (Å²) in [7, 11) is 0. The van der Waals surface area contributed by atoms with Crippen LogP contribution in [0, 0.1) is 13.8 Å². The van der Waals surface area contributed by atoms with Gasteiger partial charge in [0.05, 0.1) is 4.47 Å². The largest absolute Gasteiger partial charge is 0.483 e. The molecular formula is C20H18BrNO2. The molecule has 0 aliphatic rings. The normalized spacial score (nSPS) is 10.6. The predicted molar refractivity (Wildman–Crippen MR) is 102 cm³/mol. The van der Waals surface area contributed by atoms with E-state index in [-0.39, 0.29) is 12.5 Å². The number of aryl methyl sites for hydroxylation is 2. The van der Waals surface area contributed by atoms with Gasteiger partial charge in [0.15, 0.2) is 6.61 Å². The van der Waals surface area contributed by atoms with Gasteiger partial charge in [-0.2, -0.15) is 0 Å². The molecule has 0 saturated carbocycles. The number of fused-ring (bicyclic) bond motifs is 1. The Morgan fingerprint density at radius 3 is 2.67 bits per heavy atom. The van der Waals surface area contributed by atoms with Gasteiger partial charge in [0.2, 0.25) is 0 Å². The highest BCUT2D eigenvalue weighted by Gasteiger charge is 2.09. The molecule has 0 atom stereocenters. The number of benzene rings is 3. The first kappa shape index (κ1) is 16.5. The summed E-state index contributed by atoms with van der Waals surface area (Å²) in [5.41, 5.74) is 3.02. The Hall–Kier alpha value is -2.33. The minimum atomic E-state index is -0.179. The van der Waals surface area contributed by atoms with Crippen molar-refractivity contribution < 1.29 is 9.53 Å². The van der Waals surface area contributed by atoms with Crippen LogP contribution in [0.3, 0.4) is 0 Å². The van der Waals surface area contributed by atoms with Crippen molar-refractivity contribution in [3.05, 3.63) is 70.2 Å². The highest BCUT2D eigenvalue weighted by molar-refractivity contribution is 9.10. The van der Waals surface area contributed by atoms with E-state index in [0.717, 1.165) is 26.5 Å². The molecule has 0 fully saturated rings. The van der Waals surface area contributed by atoms with Crippen LogP contribution in [0.1, 0.15) is 11.1 Å². The van der Waals surface area contributed by atoms with Crippen molar-refractivity contribution in [1.82, 2.24) is 0 Å². The van der Waals surface area contributed by atoms with Gasteiger partial charge < -0.3 is 10.1 Å². The first-order valence-corrected chi connectivity index (χ1v) is 8.51. The molecule has 4 heteroatoms. The third-order valence-electron chi connectivity index (χ3n) is 3.84. The average Bonchev–Trinajstić information content (AvgIpc) is 2.57. The smallest absolute Gasteiger partial charge is 0.262 e. The van der Waals surface area contributed by atoms with Crippen molar-refractivity contribution in [2.24, 2.45) is 0 Å². The summed E-state index contributed by atoms with van der Waals surface area (Å²) < 4.78 is 6.54. The van der Waals surface area contributed by atoms with Gasteiger partial charge in [-0.05, 0) is 58.2 Å². The van der Waals surface area contributed by atoms with Crippen molar-refractivity contribution in [3.63, 3.8) is 0 Å². The van der Waals surface area contributed by atoms with E-state index < -0.39 is 0 Å². The lowest BCUT2D eigenvalue weighted by molar-refractivity contribution is -0.118. The van der Waals surface area contributed by atoms with Gasteiger partial charge in [-0.25, -0.2) is 0 Å². The quantitative estimate of drug-likeness (QED) is 0.668. The molecule has 3 aromatic carbocycles. The standard InChI is InChI=1S/C20H18BrNO2/c1-13-7-9-17(14(2)11-13)22-19(23)12-24-18-10-8-15-5-3-4-6-16(15)20(18)21/h3-11H,12H2,1-2H3,(H,22,23). The summed E-state index contributed by atoms with van der Waals surface area (Å²) in [6.45, 7) is 3.96. The molecule has 3 aromatic rings. The molecule has 24 heavy (non-hydrogen) atoms. The fourth-order valence-electron chi connectivity index (χ4n) is 2.61. The van der Waals surface area contributed by atoms with E-state index in [4.69, 9.17) is 4.74 Å². The summed E-state index contributed by atoms with van der Waals surface area (Å²) in [5, 5.41) is 5.07. The lowest BCUT2D eigenvalue weighted by atomic mass is 10.1. The van der Waals surface area contributed by atoms with Crippen LogP contribution in [-0.4, -0.2) is 12.5 Å². The molecule has 0 aliphatic carbocycles. The summed E-state index contributed by atoms with van der Waals surface area (Å²) in [6, 6.07) is 17.8. The van der Waals surface area contributed by atoms with Gasteiger partial charge in [0, 0.05) is 5.69 Å². The molecule has 0 aliphatic heterocycles. The minimum absolute atomic E-state index is 0.0374. The van der Waals surface area contributed by atoms with E-state index in [0.29, 0.717) is 5.75 Å². The average molecular weight is 384 g/mol. The first-order chi connectivity index (χ1) is 11.5. The number of carbonyl (C=O) groups excluding carboxylic acids is 1. The van der Waals surface area contributed by atoms with Gasteiger partial charge in [-0.3, -0.25) is 4.79 Å². The Labute approximate surface area is 149 Å². The van der Waals surface area contributed by atoms with Gasteiger partial charge >= 0.3 is 0 Å². The molecule has 0 unspecified atom stereocenters. The molecule has 0 bridgehead atoms. The van der Waals surface area contributed by atoms with E-state index >= 15 is 0 Å². The zero-order chi connectivity index (χ0) is 17.1. The Morgan fingerprint density at radius 2 is 1.88 bits per heavy atom. The van der Waals surface area contributed by atoms with E-state index in [1.165, 1.54) is 5.56 Å². The number of hydrogen-bond donors (Lipinski definition) is 1. The summed E-state index contributed by atoms with van der Waals surface area (Å²) >= 11 is 3.56. The molecule has 0 spiro atoms. The number of amides is 1. The van der Waals surface area contributed by atoms with Gasteiger partial charge in [-0.1, -0.05) is 48.0 Å². The van der Waals surface area contributed by atoms with Crippen LogP contribution in [0.2, 0.25) is 0 Å². The maximum atomic E-state index is 12.1. The second-order valence-electron chi connectivity index (χ2n) is 5.75. The number of rotatable bonds is 4. The van der Waals surface area contributed by atoms with Gasteiger partial charge in [0.25, 0.3) is 5.91 Å². The zero-order valence-corrected chi connectivity index (χ0v) is 15.2. The van der Waals surface area contributed by atoms with Crippen molar-refractivity contribution in [2.45, 2.75) is 13.8 Å². The second-order valence-corrected chi connectivity index (χ2v) is 6.55. The van der Waals surface area contributed by atoms with Crippen molar-refractivity contribution in [1.29, 1.82) is 0 Å². The highest BCUT2D eigenvalue weighted by atomic mass is 79.9. The molecule has 0 radical (unpaired) electrons. The molecule has 1 amide bonds. The minimum Gasteiger partial charge on any atom is -0.483 e. The summed E-state index contributed by atoms with van der Waals surface area (Å²) in [4.78, 5) is 12.1. The highest BCUT2D eigenvalue weighted by Crippen LogP contribution is 2.33. The van der Waals surface area contributed by atoms with Crippen molar-refractivity contribution >= 4 is 38.3 Å². The Bertz CT molecular complexity index is 905. The number of hydrogen-bond acceptors (Lipinski definition) is 2. The molecular weight excluding hydrogens is 366 g/mol. The maximum Gasteiger partial charge on any atom is 0.262 e. The molecule has 1 N–H and O–H groups in total. The molecule has 3 nitrogen and oxygen atoms in total. The van der Waals surface area contributed by atoms with Crippen LogP contribution in [-0.2, 0) is 4.79 Å². The van der Waals surface area contributed by atoms with Crippen LogP contribution < -0.4 is 10.1 Å². The lowest BCUT2D eigenvalue weighted by Crippen LogP contribution is -2.20. The second kappa shape index (κ2) is 7.05. The fraction of sp³-hybridized carbons (Fsp3) is 0.150. The Balaban J connectivity index is 1.69. The third kappa shape index (κ3) is 3.60. The first-order valence-electron chi connectivity index (χ1n) is 7.72. The molecule has 122 valence electrons. The molecule has 0 aromatic heterocycles. The fourth-order valence-corrected chi connectivity index (χ4v) is 3.22. The van der Waals surface area contributed by atoms with E-state index in [1.807, 2.05) is 68.4 Å². The summed E-state index contributed by atoms with van der Waals surface area (Å²) in [6.07, 6.45) is 0. The maximum absolute atomic E-state index is 12.1. The number of nitrogens with one attached hydrogen (secondary N) is 1. The van der Waals surface area contributed by atoms with Gasteiger partial charge in [0.1, 0.15) is 5.75 Å². The number of anilines is 1. The lowest BCUT2D eigenvalue weighted by Gasteiger charge is -2.12. The van der Waals surface area contributed by atoms with Crippen LogP contribution in [0.5, 0.6) is 5.75 Å². The number of halogens is 1. The summed E-state index contributed by atoms with van der Waals surface area (Å²) in [5.74, 6) is 0.478. The Morgan fingerprint density at radius 1 is 1.08 bits per heavy atom. The SMILES string of the molecule is Cc1ccc(NC(=O)COc2ccc3ccccc3c2Br)c(C)c1. The molecule has 3 rings (SSSR count). The third-order valence-corrected chi connectivity index (χ3v) is 4.66. The Kier molecular flexibility index (Phi) is 4.86. The van der Waals surface area contributed by atoms with Crippen LogP contribution in [0.15, 0.2) is 59.1 Å². The number of ether oxygens (including phenoxy) is 1. The molecule has 0 heterocycles. The predicted octanol–water partition coefficient (Wildman–Crippen LogP) is 5.24. The van der Waals surface area contributed by atoms with E-state index in [1.54, 1.807) is 0 Å². The number of carbonyl (C=O) groups is 1. The van der Waals surface area contributed by atoms with Crippen LogP contribution >= 0.6 is 15.9 Å². The monoisotopic (exact) mass is 383 g/mol. The molecule has 0 saturated heterocycles. The van der Waals surface area contributed by atoms with Crippen LogP contribution in [0.25, 0.3) is 10.8 Å². The van der Waals surface area contributed by atoms with Crippen molar-refractivity contribution in [3.8, 4) is 5.75 Å². The topological polar surface area (TPSA) is 38.3 Å². The van der Waals surface area contributed by atoms with Crippen LogP contribution in [0.4, 0.5) is 5.69 Å².